The normalized spacial score (nSPS) is 10.5. The van der Waals surface area contributed by atoms with Gasteiger partial charge in [0.25, 0.3) is 0 Å². The molecule has 2 N–H and O–H groups in total. The number of hydrogen-bond donors (Lipinski definition) is 1. The van der Waals surface area contributed by atoms with Gasteiger partial charge in [0.2, 0.25) is 0 Å². The van der Waals surface area contributed by atoms with Crippen molar-refractivity contribution in [3.8, 4) is 18.1 Å². The van der Waals surface area contributed by atoms with Gasteiger partial charge in [-0.3, -0.25) is 0 Å². The standard InChI is InChI=1S/C8H7NO3S/c1-2-7-5-3-4-6-8(7)12-13(9,10)11/h1,3-6H,(H2,9,10,11). The summed E-state index contributed by atoms with van der Waals surface area (Å²) < 4.78 is 25.5. The fraction of sp³-hybridized carbons (Fsp3) is 0. The summed E-state index contributed by atoms with van der Waals surface area (Å²) in [5, 5.41) is 4.67. The third-order valence-corrected chi connectivity index (χ3v) is 1.66. The van der Waals surface area contributed by atoms with Crippen molar-refractivity contribution in [3.05, 3.63) is 29.8 Å². The van der Waals surface area contributed by atoms with E-state index < -0.39 is 10.3 Å². The van der Waals surface area contributed by atoms with Crippen LogP contribution < -0.4 is 9.32 Å². The molecule has 0 bridgehead atoms. The van der Waals surface area contributed by atoms with Crippen LogP contribution in [0, 0.1) is 12.3 Å². The van der Waals surface area contributed by atoms with Crippen molar-refractivity contribution < 1.29 is 12.6 Å². The van der Waals surface area contributed by atoms with Gasteiger partial charge in [-0.1, -0.05) is 18.1 Å². The highest BCUT2D eigenvalue weighted by atomic mass is 32.2. The van der Waals surface area contributed by atoms with Crippen molar-refractivity contribution in [2.45, 2.75) is 0 Å². The maximum Gasteiger partial charge on any atom is 0.380 e. The summed E-state index contributed by atoms with van der Waals surface area (Å²) in [7, 11) is -4.01. The number of nitrogens with two attached hydrogens (primary N) is 1. The van der Waals surface area contributed by atoms with Crippen LogP contribution in [0.25, 0.3) is 0 Å². The molecule has 0 fully saturated rings. The summed E-state index contributed by atoms with van der Waals surface area (Å²) in [6.45, 7) is 0. The number of terminal acetylenes is 1. The highest BCUT2D eigenvalue weighted by molar-refractivity contribution is 7.84. The van der Waals surface area contributed by atoms with Crippen molar-refractivity contribution >= 4 is 10.3 Å². The van der Waals surface area contributed by atoms with Crippen LogP contribution in [0.4, 0.5) is 0 Å². The van der Waals surface area contributed by atoms with Gasteiger partial charge in [0.05, 0.1) is 5.56 Å². The van der Waals surface area contributed by atoms with E-state index in [0.717, 1.165) is 0 Å². The molecule has 0 radical (unpaired) electrons. The Morgan fingerprint density at radius 1 is 1.38 bits per heavy atom. The topological polar surface area (TPSA) is 69.4 Å². The molecule has 0 unspecified atom stereocenters. The predicted octanol–water partition coefficient (Wildman–Crippen LogP) is 0.250. The minimum Gasteiger partial charge on any atom is -0.370 e. The zero-order valence-electron chi connectivity index (χ0n) is 6.60. The minimum atomic E-state index is -4.01. The first-order valence-electron chi connectivity index (χ1n) is 3.31. The third-order valence-electron chi connectivity index (χ3n) is 1.25. The number of benzene rings is 1. The van der Waals surface area contributed by atoms with E-state index in [4.69, 9.17) is 6.42 Å². The van der Waals surface area contributed by atoms with E-state index in [1.165, 1.54) is 6.07 Å². The van der Waals surface area contributed by atoms with Gasteiger partial charge in [-0.05, 0) is 12.1 Å². The summed E-state index contributed by atoms with van der Waals surface area (Å²) in [6.07, 6.45) is 5.10. The van der Waals surface area contributed by atoms with Crippen LogP contribution in [0.15, 0.2) is 24.3 Å². The smallest absolute Gasteiger partial charge is 0.370 e. The van der Waals surface area contributed by atoms with E-state index in [1.807, 2.05) is 0 Å². The molecule has 1 aromatic carbocycles. The molecule has 0 heterocycles. The molecule has 1 aromatic rings. The average Bonchev–Trinajstić information content (AvgIpc) is 2.02. The Balaban J connectivity index is 3.10. The van der Waals surface area contributed by atoms with E-state index in [-0.39, 0.29) is 5.75 Å². The lowest BCUT2D eigenvalue weighted by atomic mass is 10.2. The Labute approximate surface area is 76.6 Å². The molecule has 0 aliphatic heterocycles. The maximum absolute atomic E-state index is 10.6. The van der Waals surface area contributed by atoms with E-state index in [9.17, 15) is 8.42 Å². The lowest BCUT2D eigenvalue weighted by Gasteiger charge is -2.03. The molecule has 0 saturated heterocycles. The van der Waals surface area contributed by atoms with Gasteiger partial charge in [0.15, 0.2) is 5.75 Å². The Kier molecular flexibility index (Phi) is 2.56. The molecule has 5 heteroatoms. The average molecular weight is 197 g/mol. The summed E-state index contributed by atoms with van der Waals surface area (Å²) in [5.74, 6) is 2.34. The van der Waals surface area contributed by atoms with Crippen molar-refractivity contribution in [1.82, 2.24) is 0 Å². The van der Waals surface area contributed by atoms with Gasteiger partial charge < -0.3 is 4.18 Å². The number of para-hydroxylation sites is 1. The van der Waals surface area contributed by atoms with Gasteiger partial charge in [-0.2, -0.15) is 13.6 Å². The third kappa shape index (κ3) is 2.78. The van der Waals surface area contributed by atoms with Crippen LogP contribution in [-0.4, -0.2) is 8.42 Å². The molecule has 13 heavy (non-hydrogen) atoms. The largest absolute Gasteiger partial charge is 0.380 e. The molecule has 0 saturated carbocycles. The summed E-state index contributed by atoms with van der Waals surface area (Å²) in [4.78, 5) is 0. The van der Waals surface area contributed by atoms with Crippen LogP contribution in [0.1, 0.15) is 5.56 Å². The highest BCUT2D eigenvalue weighted by Gasteiger charge is 2.07. The predicted molar refractivity (Wildman–Crippen MR) is 48.1 cm³/mol. The molecule has 68 valence electrons. The van der Waals surface area contributed by atoms with E-state index >= 15 is 0 Å². The summed E-state index contributed by atoms with van der Waals surface area (Å²) >= 11 is 0. The Hall–Kier alpha value is -1.51. The van der Waals surface area contributed by atoms with E-state index in [0.29, 0.717) is 5.56 Å². The molecule has 0 aliphatic carbocycles. The van der Waals surface area contributed by atoms with Crippen LogP contribution in [0.5, 0.6) is 5.75 Å². The second-order valence-electron chi connectivity index (χ2n) is 2.22. The Morgan fingerprint density at radius 3 is 2.54 bits per heavy atom. The Morgan fingerprint density at radius 2 is 2.00 bits per heavy atom. The second kappa shape index (κ2) is 3.47. The first-order chi connectivity index (χ1) is 6.03. The van der Waals surface area contributed by atoms with Gasteiger partial charge in [0.1, 0.15) is 0 Å². The molecule has 0 atom stereocenters. The van der Waals surface area contributed by atoms with Crippen molar-refractivity contribution in [2.24, 2.45) is 5.14 Å². The number of hydrogen-bond acceptors (Lipinski definition) is 3. The van der Waals surface area contributed by atoms with E-state index in [1.54, 1.807) is 18.2 Å². The molecule has 0 amide bonds. The molecule has 0 spiro atoms. The van der Waals surface area contributed by atoms with Gasteiger partial charge in [-0.25, -0.2) is 0 Å². The second-order valence-corrected chi connectivity index (χ2v) is 3.37. The van der Waals surface area contributed by atoms with Gasteiger partial charge >= 0.3 is 10.3 Å². The van der Waals surface area contributed by atoms with Crippen molar-refractivity contribution in [3.63, 3.8) is 0 Å². The SMILES string of the molecule is C#Cc1ccccc1OS(N)(=O)=O. The molecule has 0 aliphatic rings. The zero-order chi connectivity index (χ0) is 9.90. The quantitative estimate of drug-likeness (QED) is 0.691. The van der Waals surface area contributed by atoms with Crippen molar-refractivity contribution in [1.29, 1.82) is 0 Å². The lowest BCUT2D eigenvalue weighted by molar-refractivity contribution is 0.487. The fourth-order valence-corrected chi connectivity index (χ4v) is 1.18. The molecular weight excluding hydrogens is 190 g/mol. The van der Waals surface area contributed by atoms with Gasteiger partial charge in [-0.15, -0.1) is 6.42 Å². The molecular formula is C8H7NO3S. The van der Waals surface area contributed by atoms with Crippen molar-refractivity contribution in [2.75, 3.05) is 0 Å². The summed E-state index contributed by atoms with van der Waals surface area (Å²) in [6, 6.07) is 6.26. The van der Waals surface area contributed by atoms with Crippen LogP contribution >= 0.6 is 0 Å². The van der Waals surface area contributed by atoms with Gasteiger partial charge in [0, 0.05) is 0 Å². The highest BCUT2D eigenvalue weighted by Crippen LogP contribution is 2.17. The Bertz CT molecular complexity index is 445. The molecule has 4 nitrogen and oxygen atoms in total. The van der Waals surface area contributed by atoms with Crippen LogP contribution in [0.3, 0.4) is 0 Å². The first kappa shape index (κ1) is 9.58. The lowest BCUT2D eigenvalue weighted by Crippen LogP contribution is -2.19. The molecule has 1 rings (SSSR count). The fourth-order valence-electron chi connectivity index (χ4n) is 0.784. The monoisotopic (exact) mass is 197 g/mol. The maximum atomic E-state index is 10.6. The van der Waals surface area contributed by atoms with E-state index in [2.05, 4.69) is 15.2 Å². The molecule has 0 aromatic heterocycles. The first-order valence-corrected chi connectivity index (χ1v) is 4.78. The zero-order valence-corrected chi connectivity index (χ0v) is 7.41. The summed E-state index contributed by atoms with van der Waals surface area (Å²) in [5.41, 5.74) is 0.344. The van der Waals surface area contributed by atoms with Crippen LogP contribution in [0.2, 0.25) is 0 Å². The van der Waals surface area contributed by atoms with Crippen LogP contribution in [-0.2, 0) is 10.3 Å². The number of rotatable bonds is 2. The minimum absolute atomic E-state index is 0.0625.